The summed E-state index contributed by atoms with van der Waals surface area (Å²) in [6.07, 6.45) is 8.33. The van der Waals surface area contributed by atoms with Gasteiger partial charge in [0, 0.05) is 42.8 Å². The van der Waals surface area contributed by atoms with Gasteiger partial charge in [-0.25, -0.2) is 19.9 Å². The molecule has 1 aliphatic rings. The molecule has 0 bridgehead atoms. The number of carbonyl (C=O) groups excluding carboxylic acids is 1. The van der Waals surface area contributed by atoms with Crippen LogP contribution in [0.4, 0.5) is 10.9 Å². The molecule has 9 nitrogen and oxygen atoms in total. The molecule has 1 fully saturated rings. The quantitative estimate of drug-likeness (QED) is 0.511. The first-order valence-electron chi connectivity index (χ1n) is 10.0. The highest BCUT2D eigenvalue weighted by molar-refractivity contribution is 7.14. The van der Waals surface area contributed by atoms with Crippen molar-refractivity contribution in [3.05, 3.63) is 54.4 Å². The molecule has 158 valence electrons. The van der Waals surface area contributed by atoms with E-state index in [1.807, 2.05) is 41.3 Å². The maximum atomic E-state index is 12.7. The molecule has 5 heterocycles. The topological polar surface area (TPSA) is 102 Å². The lowest BCUT2D eigenvalue weighted by atomic mass is 9.96. The highest BCUT2D eigenvalue weighted by Gasteiger charge is 2.26. The Bertz CT molecular complexity index is 1180. The summed E-state index contributed by atoms with van der Waals surface area (Å²) in [6.45, 7) is 3.45. The Morgan fingerprint density at radius 3 is 2.81 bits per heavy atom. The van der Waals surface area contributed by atoms with Gasteiger partial charge in [0.2, 0.25) is 5.91 Å². The molecule has 0 unspecified atom stereocenters. The molecule has 0 atom stereocenters. The third-order valence-electron chi connectivity index (χ3n) is 5.41. The molecule has 5 rings (SSSR count). The number of hydrogen-bond donors (Lipinski definition) is 1. The van der Waals surface area contributed by atoms with Crippen molar-refractivity contribution in [2.45, 2.75) is 19.8 Å². The van der Waals surface area contributed by atoms with Gasteiger partial charge >= 0.3 is 0 Å². The Morgan fingerprint density at radius 1 is 1.23 bits per heavy atom. The summed E-state index contributed by atoms with van der Waals surface area (Å²) < 4.78 is 7.28. The molecule has 4 aromatic rings. The van der Waals surface area contributed by atoms with Crippen LogP contribution in [-0.4, -0.2) is 43.5 Å². The fraction of sp³-hybridized carbons (Fsp3) is 0.286. The molecule has 1 saturated heterocycles. The van der Waals surface area contributed by atoms with Crippen molar-refractivity contribution in [3.63, 3.8) is 0 Å². The second-order valence-corrected chi connectivity index (χ2v) is 8.20. The third-order valence-corrected chi connectivity index (χ3v) is 6.17. The van der Waals surface area contributed by atoms with Crippen LogP contribution in [0, 0.1) is 12.8 Å². The van der Waals surface area contributed by atoms with Crippen molar-refractivity contribution in [1.82, 2.24) is 24.5 Å². The zero-order valence-corrected chi connectivity index (χ0v) is 17.7. The molecule has 1 N–H and O–H groups in total. The largest absolute Gasteiger partial charge is 0.463 e. The predicted octanol–water partition coefficient (Wildman–Crippen LogP) is 3.54. The average molecular weight is 436 g/mol. The Kier molecular flexibility index (Phi) is 5.21. The highest BCUT2D eigenvalue weighted by atomic mass is 32.1. The predicted molar refractivity (Wildman–Crippen MR) is 117 cm³/mol. The summed E-state index contributed by atoms with van der Waals surface area (Å²) in [6, 6.07) is 5.63. The second kappa shape index (κ2) is 8.31. The number of carbonyl (C=O) groups is 1. The summed E-state index contributed by atoms with van der Waals surface area (Å²) in [5, 5.41) is 5.43. The minimum Gasteiger partial charge on any atom is -0.463 e. The van der Waals surface area contributed by atoms with E-state index in [-0.39, 0.29) is 11.8 Å². The molecule has 0 aromatic carbocycles. The summed E-state index contributed by atoms with van der Waals surface area (Å²) in [4.78, 5) is 32.4. The number of imidazole rings is 1. The second-order valence-electron chi connectivity index (χ2n) is 7.34. The average Bonchev–Trinajstić information content (AvgIpc) is 3.56. The van der Waals surface area contributed by atoms with Gasteiger partial charge in [-0.2, -0.15) is 0 Å². The number of furan rings is 1. The van der Waals surface area contributed by atoms with Crippen LogP contribution in [0.5, 0.6) is 0 Å². The zero-order valence-electron chi connectivity index (χ0n) is 16.9. The number of anilines is 2. The number of rotatable bonds is 5. The van der Waals surface area contributed by atoms with E-state index in [1.165, 1.54) is 11.3 Å². The molecule has 1 amide bonds. The maximum absolute atomic E-state index is 12.7. The van der Waals surface area contributed by atoms with E-state index >= 15 is 0 Å². The lowest BCUT2D eigenvalue weighted by molar-refractivity contribution is -0.120. The first-order chi connectivity index (χ1) is 15.2. The van der Waals surface area contributed by atoms with Gasteiger partial charge < -0.3 is 14.6 Å². The number of amides is 1. The van der Waals surface area contributed by atoms with Gasteiger partial charge in [0.25, 0.3) is 0 Å². The maximum Gasteiger partial charge on any atom is 0.229 e. The summed E-state index contributed by atoms with van der Waals surface area (Å²) in [5.41, 5.74) is 0.729. The number of thiazole rings is 1. The van der Waals surface area contributed by atoms with Crippen molar-refractivity contribution in [1.29, 1.82) is 0 Å². The van der Waals surface area contributed by atoms with Crippen molar-refractivity contribution >= 4 is 28.2 Å². The standard InChI is InChI=1S/C21H21N7O2S/c1-14-22-6-9-28(14)19-11-18(23-13-24-19)27-7-4-15(5-8-27)20(29)26-21-25-16(12-31-21)17-3-2-10-30-17/h2-3,6,9-13,15H,4-5,7-8H2,1H3,(H,25,26,29). The van der Waals surface area contributed by atoms with Gasteiger partial charge in [-0.3, -0.25) is 9.36 Å². The molecule has 10 heteroatoms. The molecule has 1 aliphatic heterocycles. The number of aromatic nitrogens is 5. The molecule has 4 aromatic heterocycles. The Balaban J connectivity index is 1.20. The monoisotopic (exact) mass is 435 g/mol. The van der Waals surface area contributed by atoms with E-state index in [0.29, 0.717) is 10.9 Å². The molecule has 0 spiro atoms. The van der Waals surface area contributed by atoms with Crippen LogP contribution in [0.2, 0.25) is 0 Å². The number of nitrogens with one attached hydrogen (secondary N) is 1. The molecular formula is C21H21N7O2S. The molecule has 0 saturated carbocycles. The summed E-state index contributed by atoms with van der Waals surface area (Å²) in [7, 11) is 0. The minimum absolute atomic E-state index is 0.0115. The normalized spacial score (nSPS) is 14.7. The smallest absolute Gasteiger partial charge is 0.229 e. The Morgan fingerprint density at radius 2 is 2.06 bits per heavy atom. The number of piperidine rings is 1. The Labute approximate surface area is 182 Å². The first-order valence-corrected chi connectivity index (χ1v) is 10.9. The fourth-order valence-electron chi connectivity index (χ4n) is 3.71. The van der Waals surface area contributed by atoms with E-state index in [1.54, 1.807) is 18.8 Å². The van der Waals surface area contributed by atoms with Gasteiger partial charge in [-0.05, 0) is 31.9 Å². The van der Waals surface area contributed by atoms with Crippen LogP contribution in [0.15, 0.2) is 53.0 Å². The van der Waals surface area contributed by atoms with Crippen molar-refractivity contribution in [3.8, 4) is 17.3 Å². The van der Waals surface area contributed by atoms with Gasteiger partial charge in [-0.1, -0.05) is 0 Å². The van der Waals surface area contributed by atoms with Crippen LogP contribution in [0.1, 0.15) is 18.7 Å². The van der Waals surface area contributed by atoms with Crippen molar-refractivity contribution in [2.75, 3.05) is 23.3 Å². The van der Waals surface area contributed by atoms with E-state index in [9.17, 15) is 4.79 Å². The summed E-state index contributed by atoms with van der Waals surface area (Å²) in [5.74, 6) is 3.18. The van der Waals surface area contributed by atoms with Crippen LogP contribution in [0.3, 0.4) is 0 Å². The molecular weight excluding hydrogens is 414 g/mol. The highest BCUT2D eigenvalue weighted by Crippen LogP contribution is 2.27. The number of hydrogen-bond acceptors (Lipinski definition) is 8. The first kappa shape index (κ1) is 19.4. The Hall–Kier alpha value is -3.53. The SMILES string of the molecule is Cc1nccn1-c1cc(N2CCC(C(=O)Nc3nc(-c4ccco4)cs3)CC2)ncn1. The zero-order chi connectivity index (χ0) is 21.2. The van der Waals surface area contributed by atoms with Gasteiger partial charge in [-0.15, -0.1) is 11.3 Å². The van der Waals surface area contributed by atoms with E-state index in [4.69, 9.17) is 4.42 Å². The minimum atomic E-state index is -0.0515. The van der Waals surface area contributed by atoms with E-state index < -0.39 is 0 Å². The number of aryl methyl sites for hydroxylation is 1. The van der Waals surface area contributed by atoms with Gasteiger partial charge in [0.05, 0.1) is 6.26 Å². The van der Waals surface area contributed by atoms with Crippen molar-refractivity contribution in [2.24, 2.45) is 5.92 Å². The van der Waals surface area contributed by atoms with Crippen molar-refractivity contribution < 1.29 is 9.21 Å². The van der Waals surface area contributed by atoms with Crippen LogP contribution in [-0.2, 0) is 4.79 Å². The van der Waals surface area contributed by atoms with E-state index in [0.717, 1.165) is 49.1 Å². The lowest BCUT2D eigenvalue weighted by Gasteiger charge is -2.32. The fourth-order valence-corrected chi connectivity index (χ4v) is 4.41. The lowest BCUT2D eigenvalue weighted by Crippen LogP contribution is -2.38. The molecule has 0 radical (unpaired) electrons. The van der Waals surface area contributed by atoms with Gasteiger partial charge in [0.15, 0.2) is 10.9 Å². The van der Waals surface area contributed by atoms with E-state index in [2.05, 4.69) is 30.2 Å². The van der Waals surface area contributed by atoms with Gasteiger partial charge in [0.1, 0.15) is 29.5 Å². The molecule has 31 heavy (non-hydrogen) atoms. The third kappa shape index (κ3) is 4.06. The van der Waals surface area contributed by atoms with Crippen LogP contribution < -0.4 is 10.2 Å². The van der Waals surface area contributed by atoms with Crippen LogP contribution in [0.25, 0.3) is 17.3 Å². The summed E-state index contributed by atoms with van der Waals surface area (Å²) >= 11 is 1.40. The molecule has 0 aliphatic carbocycles. The number of nitrogens with zero attached hydrogens (tertiary/aromatic N) is 6. The van der Waals surface area contributed by atoms with Crippen LogP contribution >= 0.6 is 11.3 Å².